The van der Waals surface area contributed by atoms with Crippen LogP contribution in [0.4, 0.5) is 4.39 Å². The number of aromatic nitrogens is 3. The monoisotopic (exact) mass is 267 g/mol. The molecule has 0 unspecified atom stereocenters. The number of carbonyl (C=O) groups is 1. The SMILES string of the molecule is CC(=O)c1cc(F)ccc1Sc1n[nH]c(=O)n1C. The van der Waals surface area contributed by atoms with E-state index >= 15 is 0 Å². The molecule has 0 saturated heterocycles. The maximum atomic E-state index is 13.1. The first kappa shape index (κ1) is 12.6. The van der Waals surface area contributed by atoms with Crippen LogP contribution in [0.15, 0.2) is 33.0 Å². The molecule has 0 atom stereocenters. The lowest BCUT2D eigenvalue weighted by Gasteiger charge is -2.05. The van der Waals surface area contributed by atoms with Crippen LogP contribution in [-0.2, 0) is 7.05 Å². The van der Waals surface area contributed by atoms with E-state index in [4.69, 9.17) is 0 Å². The highest BCUT2D eigenvalue weighted by Crippen LogP contribution is 2.28. The van der Waals surface area contributed by atoms with Gasteiger partial charge in [0.2, 0.25) is 0 Å². The first-order chi connectivity index (χ1) is 8.49. The molecule has 1 aromatic carbocycles. The van der Waals surface area contributed by atoms with Crippen molar-refractivity contribution >= 4 is 17.5 Å². The summed E-state index contributed by atoms with van der Waals surface area (Å²) >= 11 is 1.13. The second-order valence-corrected chi connectivity index (χ2v) is 4.68. The summed E-state index contributed by atoms with van der Waals surface area (Å²) in [5.41, 5.74) is -0.0700. The van der Waals surface area contributed by atoms with E-state index < -0.39 is 5.82 Å². The molecule has 18 heavy (non-hydrogen) atoms. The second-order valence-electron chi connectivity index (χ2n) is 3.67. The number of nitrogens with zero attached hydrogens (tertiary/aromatic N) is 2. The molecule has 94 valence electrons. The van der Waals surface area contributed by atoms with Crippen LogP contribution in [0, 0.1) is 5.82 Å². The van der Waals surface area contributed by atoms with Crippen molar-refractivity contribution in [2.75, 3.05) is 0 Å². The predicted molar refractivity (Wildman–Crippen MR) is 64.4 cm³/mol. The summed E-state index contributed by atoms with van der Waals surface area (Å²) in [4.78, 5) is 23.2. The number of carbonyl (C=O) groups excluding carboxylic acids is 1. The molecule has 0 fully saturated rings. The minimum atomic E-state index is -0.472. The van der Waals surface area contributed by atoms with Crippen molar-refractivity contribution < 1.29 is 9.18 Å². The molecule has 0 aliphatic carbocycles. The van der Waals surface area contributed by atoms with Crippen molar-refractivity contribution in [1.29, 1.82) is 0 Å². The second kappa shape index (κ2) is 4.77. The maximum Gasteiger partial charge on any atom is 0.343 e. The fourth-order valence-corrected chi connectivity index (χ4v) is 2.34. The summed E-state index contributed by atoms with van der Waals surface area (Å²) in [5.74, 6) is -0.710. The Morgan fingerprint density at radius 1 is 1.50 bits per heavy atom. The molecule has 0 aliphatic heterocycles. The number of rotatable bonds is 3. The van der Waals surface area contributed by atoms with Gasteiger partial charge in [-0.15, -0.1) is 5.10 Å². The van der Waals surface area contributed by atoms with Crippen LogP contribution in [0.1, 0.15) is 17.3 Å². The Bertz CT molecular complexity index is 663. The molecule has 0 bridgehead atoms. The third-order valence-corrected chi connectivity index (χ3v) is 3.48. The first-order valence-electron chi connectivity index (χ1n) is 5.09. The van der Waals surface area contributed by atoms with E-state index in [2.05, 4.69) is 10.2 Å². The maximum absolute atomic E-state index is 13.1. The van der Waals surface area contributed by atoms with Gasteiger partial charge in [-0.2, -0.15) is 0 Å². The number of aromatic amines is 1. The normalized spacial score (nSPS) is 10.6. The van der Waals surface area contributed by atoms with E-state index in [1.807, 2.05) is 0 Å². The first-order valence-corrected chi connectivity index (χ1v) is 5.90. The van der Waals surface area contributed by atoms with Crippen LogP contribution in [0.25, 0.3) is 0 Å². The molecule has 5 nitrogen and oxygen atoms in total. The third-order valence-electron chi connectivity index (χ3n) is 2.36. The van der Waals surface area contributed by atoms with Crippen LogP contribution in [0.3, 0.4) is 0 Å². The smallest absolute Gasteiger partial charge is 0.294 e. The van der Waals surface area contributed by atoms with Gasteiger partial charge in [-0.1, -0.05) is 0 Å². The Labute approximate surface area is 106 Å². The number of hydrogen-bond acceptors (Lipinski definition) is 4. The summed E-state index contributed by atoms with van der Waals surface area (Å²) < 4.78 is 14.4. The van der Waals surface area contributed by atoms with Crippen LogP contribution >= 0.6 is 11.8 Å². The molecule has 1 N–H and O–H groups in total. The van der Waals surface area contributed by atoms with Crippen molar-refractivity contribution in [2.45, 2.75) is 17.0 Å². The Morgan fingerprint density at radius 2 is 2.22 bits per heavy atom. The molecule has 0 saturated carbocycles. The highest BCUT2D eigenvalue weighted by Gasteiger charge is 2.13. The summed E-state index contributed by atoms with van der Waals surface area (Å²) in [6.45, 7) is 1.36. The highest BCUT2D eigenvalue weighted by atomic mass is 32.2. The van der Waals surface area contributed by atoms with Crippen molar-refractivity contribution in [3.05, 3.63) is 40.1 Å². The largest absolute Gasteiger partial charge is 0.343 e. The van der Waals surface area contributed by atoms with Gasteiger partial charge < -0.3 is 0 Å². The molecule has 7 heteroatoms. The molecular formula is C11H10FN3O2S. The summed E-state index contributed by atoms with van der Waals surface area (Å²) in [7, 11) is 1.56. The quantitative estimate of drug-likeness (QED) is 0.858. The lowest BCUT2D eigenvalue weighted by molar-refractivity contribution is 0.101. The van der Waals surface area contributed by atoms with E-state index in [1.54, 1.807) is 7.05 Å². The molecular weight excluding hydrogens is 257 g/mol. The van der Waals surface area contributed by atoms with Crippen LogP contribution < -0.4 is 5.69 Å². The van der Waals surface area contributed by atoms with E-state index in [9.17, 15) is 14.0 Å². The van der Waals surface area contributed by atoms with Crippen molar-refractivity contribution in [2.24, 2.45) is 7.05 Å². The van der Waals surface area contributed by atoms with Crippen LogP contribution in [-0.4, -0.2) is 20.5 Å². The topological polar surface area (TPSA) is 67.8 Å². The summed E-state index contributed by atoms with van der Waals surface area (Å²) in [6, 6.07) is 3.94. The van der Waals surface area contributed by atoms with E-state index in [-0.39, 0.29) is 17.0 Å². The van der Waals surface area contributed by atoms with Crippen molar-refractivity contribution in [3.63, 3.8) is 0 Å². The van der Waals surface area contributed by atoms with E-state index in [1.165, 1.54) is 29.7 Å². The van der Waals surface area contributed by atoms with Gasteiger partial charge >= 0.3 is 5.69 Å². The van der Waals surface area contributed by atoms with Crippen molar-refractivity contribution in [1.82, 2.24) is 14.8 Å². The molecule has 1 aromatic heterocycles. The number of ketones is 1. The van der Waals surface area contributed by atoms with Gasteiger partial charge in [0, 0.05) is 17.5 Å². The van der Waals surface area contributed by atoms with Crippen LogP contribution in [0.5, 0.6) is 0 Å². The number of hydrogen-bond donors (Lipinski definition) is 1. The summed E-state index contributed by atoms with van der Waals surface area (Å²) in [6.07, 6.45) is 0. The van der Waals surface area contributed by atoms with Gasteiger partial charge in [0.05, 0.1) is 0 Å². The lowest BCUT2D eigenvalue weighted by atomic mass is 10.1. The van der Waals surface area contributed by atoms with Gasteiger partial charge in [-0.3, -0.25) is 9.36 Å². The number of halogens is 1. The third kappa shape index (κ3) is 2.35. The van der Waals surface area contributed by atoms with Gasteiger partial charge in [0.25, 0.3) is 0 Å². The van der Waals surface area contributed by atoms with Crippen molar-refractivity contribution in [3.8, 4) is 0 Å². The number of nitrogens with one attached hydrogen (secondary N) is 1. The number of Topliss-reactive ketones (excluding diaryl/α,β-unsaturated/α-hetero) is 1. The van der Waals surface area contributed by atoms with E-state index in [0.29, 0.717) is 10.1 Å². The number of H-pyrrole nitrogens is 1. The molecule has 1 heterocycles. The van der Waals surface area contributed by atoms with E-state index in [0.717, 1.165) is 11.8 Å². The van der Waals surface area contributed by atoms with Gasteiger partial charge in [0.1, 0.15) is 5.82 Å². The average molecular weight is 267 g/mol. The molecule has 0 amide bonds. The molecule has 0 radical (unpaired) electrons. The Morgan fingerprint density at radius 3 is 2.78 bits per heavy atom. The zero-order valence-corrected chi connectivity index (χ0v) is 10.5. The number of benzene rings is 1. The highest BCUT2D eigenvalue weighted by molar-refractivity contribution is 7.99. The lowest BCUT2D eigenvalue weighted by Crippen LogP contribution is -2.12. The fourth-order valence-electron chi connectivity index (χ4n) is 1.39. The fraction of sp³-hybridized carbons (Fsp3) is 0.182. The molecule has 2 rings (SSSR count). The average Bonchev–Trinajstić information content (AvgIpc) is 2.63. The molecule has 0 spiro atoms. The van der Waals surface area contributed by atoms with Gasteiger partial charge in [0.15, 0.2) is 10.9 Å². The standard InChI is InChI=1S/C11H10FN3O2S/c1-6(16)8-5-7(12)3-4-9(8)18-11-14-13-10(17)15(11)2/h3-5H,1-2H3,(H,13,17). The molecule has 2 aromatic rings. The predicted octanol–water partition coefficient (Wildman–Crippen LogP) is 1.60. The van der Waals surface area contributed by atoms with Gasteiger partial charge in [-0.05, 0) is 36.9 Å². The minimum Gasteiger partial charge on any atom is -0.294 e. The Hall–Kier alpha value is -1.89. The minimum absolute atomic E-state index is 0.238. The zero-order chi connectivity index (χ0) is 13.3. The van der Waals surface area contributed by atoms with Crippen LogP contribution in [0.2, 0.25) is 0 Å². The van der Waals surface area contributed by atoms with Gasteiger partial charge in [-0.25, -0.2) is 14.3 Å². The Balaban J connectivity index is 2.43. The Kier molecular flexibility index (Phi) is 3.33. The molecule has 0 aliphatic rings. The zero-order valence-electron chi connectivity index (χ0n) is 9.73. The summed E-state index contributed by atoms with van der Waals surface area (Å²) in [5, 5.41) is 6.52.